The maximum Gasteiger partial charge on any atom is 0.147 e. The van der Waals surface area contributed by atoms with Crippen LogP contribution in [0.15, 0.2) is 18.2 Å². The van der Waals surface area contributed by atoms with Crippen LogP contribution >= 0.6 is 0 Å². The second-order valence-electron chi connectivity index (χ2n) is 6.07. The van der Waals surface area contributed by atoms with Gasteiger partial charge < -0.3 is 0 Å². The van der Waals surface area contributed by atoms with Crippen molar-refractivity contribution in [2.24, 2.45) is 0 Å². The number of nitriles is 1. The van der Waals surface area contributed by atoms with E-state index in [0.29, 0.717) is 23.7 Å². The van der Waals surface area contributed by atoms with Crippen LogP contribution in [0.25, 0.3) is 0 Å². The minimum absolute atomic E-state index is 0.248. The fraction of sp³-hybridized carbons (Fsp3) is 0.471. The van der Waals surface area contributed by atoms with E-state index in [2.05, 4.69) is 21.1 Å². The van der Waals surface area contributed by atoms with Crippen molar-refractivity contribution in [1.82, 2.24) is 19.7 Å². The highest BCUT2D eigenvalue weighted by molar-refractivity contribution is 5.33. The summed E-state index contributed by atoms with van der Waals surface area (Å²) in [4.78, 5) is 6.61. The zero-order valence-electron chi connectivity index (χ0n) is 13.5. The number of halogens is 1. The molecule has 0 amide bonds. The van der Waals surface area contributed by atoms with Gasteiger partial charge in [-0.05, 0) is 51.4 Å². The van der Waals surface area contributed by atoms with Crippen molar-refractivity contribution >= 4 is 0 Å². The van der Waals surface area contributed by atoms with Gasteiger partial charge in [0.05, 0.1) is 18.2 Å². The summed E-state index contributed by atoms with van der Waals surface area (Å²) in [6.07, 6.45) is 2.16. The van der Waals surface area contributed by atoms with Crippen molar-refractivity contribution in [3.8, 4) is 6.07 Å². The first-order chi connectivity index (χ1) is 11.1. The lowest BCUT2D eigenvalue weighted by molar-refractivity contribution is 0.215. The van der Waals surface area contributed by atoms with E-state index in [0.717, 1.165) is 37.6 Å². The fourth-order valence-electron chi connectivity index (χ4n) is 3.23. The summed E-state index contributed by atoms with van der Waals surface area (Å²) in [6, 6.07) is 6.94. The van der Waals surface area contributed by atoms with Gasteiger partial charge in [0.15, 0.2) is 0 Å². The zero-order valence-corrected chi connectivity index (χ0v) is 13.5. The monoisotopic (exact) mass is 313 g/mol. The molecule has 1 aromatic carbocycles. The average molecular weight is 313 g/mol. The third-order valence-electron chi connectivity index (χ3n) is 4.39. The molecule has 1 atom stereocenters. The van der Waals surface area contributed by atoms with Crippen LogP contribution in [0.1, 0.15) is 35.6 Å². The highest BCUT2D eigenvalue weighted by Gasteiger charge is 2.26. The Morgan fingerprint density at radius 3 is 2.91 bits per heavy atom. The molecule has 2 aromatic rings. The molecule has 1 aromatic heterocycles. The molecular weight excluding hydrogens is 293 g/mol. The lowest BCUT2D eigenvalue weighted by Crippen LogP contribution is -2.33. The molecule has 5 nitrogen and oxygen atoms in total. The van der Waals surface area contributed by atoms with Gasteiger partial charge in [-0.25, -0.2) is 14.1 Å². The predicted octanol–water partition coefficient (Wildman–Crippen LogP) is 2.57. The van der Waals surface area contributed by atoms with Crippen molar-refractivity contribution in [1.29, 1.82) is 5.26 Å². The summed E-state index contributed by atoms with van der Waals surface area (Å²) < 4.78 is 15.9. The number of aromatic nitrogens is 3. The third kappa shape index (κ3) is 3.40. The van der Waals surface area contributed by atoms with Crippen LogP contribution in [0, 0.1) is 31.0 Å². The van der Waals surface area contributed by atoms with Gasteiger partial charge in [0.25, 0.3) is 0 Å². The van der Waals surface area contributed by atoms with Crippen molar-refractivity contribution in [3.05, 3.63) is 46.8 Å². The number of benzene rings is 1. The first kappa shape index (κ1) is 15.6. The fourth-order valence-corrected chi connectivity index (χ4v) is 3.23. The smallest absolute Gasteiger partial charge is 0.147 e. The number of hydrogen-bond acceptors (Lipinski definition) is 4. The van der Waals surface area contributed by atoms with E-state index in [4.69, 9.17) is 5.26 Å². The van der Waals surface area contributed by atoms with E-state index in [-0.39, 0.29) is 5.82 Å². The van der Waals surface area contributed by atoms with E-state index in [9.17, 15) is 4.39 Å². The Labute approximate surface area is 135 Å². The van der Waals surface area contributed by atoms with Gasteiger partial charge in [0.2, 0.25) is 0 Å². The van der Waals surface area contributed by atoms with E-state index in [1.54, 1.807) is 6.07 Å². The maximum atomic E-state index is 14.0. The van der Waals surface area contributed by atoms with Crippen molar-refractivity contribution < 1.29 is 4.39 Å². The van der Waals surface area contributed by atoms with Gasteiger partial charge in [-0.15, -0.1) is 0 Å². The van der Waals surface area contributed by atoms with Gasteiger partial charge in [-0.3, -0.25) is 4.90 Å². The van der Waals surface area contributed by atoms with Crippen LogP contribution in [-0.2, 0) is 13.1 Å². The molecule has 2 heterocycles. The number of likely N-dealkylation sites (tertiary alicyclic amines) is 1. The molecule has 0 unspecified atom stereocenters. The Kier molecular flexibility index (Phi) is 4.39. The number of aryl methyl sites for hydroxylation is 2. The summed E-state index contributed by atoms with van der Waals surface area (Å²) in [5.41, 5.74) is 1.09. The van der Waals surface area contributed by atoms with Crippen LogP contribution in [0.5, 0.6) is 0 Å². The highest BCUT2D eigenvalue weighted by atomic mass is 19.1. The average Bonchev–Trinajstić information content (AvgIpc) is 3.08. The molecule has 0 aliphatic carbocycles. The zero-order chi connectivity index (χ0) is 16.4. The quantitative estimate of drug-likeness (QED) is 0.870. The first-order valence-electron chi connectivity index (χ1n) is 7.87. The van der Waals surface area contributed by atoms with Crippen LogP contribution in [0.4, 0.5) is 4.39 Å². The van der Waals surface area contributed by atoms with Gasteiger partial charge >= 0.3 is 0 Å². The molecule has 0 spiro atoms. The van der Waals surface area contributed by atoms with Gasteiger partial charge in [-0.2, -0.15) is 10.4 Å². The van der Waals surface area contributed by atoms with E-state index in [1.165, 1.54) is 12.1 Å². The molecule has 1 aliphatic rings. The van der Waals surface area contributed by atoms with E-state index in [1.807, 2.05) is 18.5 Å². The van der Waals surface area contributed by atoms with Crippen molar-refractivity contribution in [3.63, 3.8) is 0 Å². The third-order valence-corrected chi connectivity index (χ3v) is 4.39. The molecule has 120 valence electrons. The summed E-state index contributed by atoms with van der Waals surface area (Å²) in [6.45, 7) is 6.08. The normalized spacial score (nSPS) is 18.3. The van der Waals surface area contributed by atoms with Crippen LogP contribution in [0.3, 0.4) is 0 Å². The lowest BCUT2D eigenvalue weighted by atomic mass is 10.1. The second-order valence-corrected chi connectivity index (χ2v) is 6.07. The topological polar surface area (TPSA) is 57.7 Å². The Morgan fingerprint density at radius 2 is 2.22 bits per heavy atom. The van der Waals surface area contributed by atoms with Gasteiger partial charge in [0.1, 0.15) is 17.5 Å². The number of rotatable bonds is 4. The van der Waals surface area contributed by atoms with Crippen molar-refractivity contribution in [2.75, 3.05) is 6.54 Å². The summed E-state index contributed by atoms with van der Waals surface area (Å²) in [5, 5.41) is 13.4. The molecule has 3 rings (SSSR count). The molecule has 0 N–H and O–H groups in total. The minimum Gasteiger partial charge on any atom is -0.294 e. The Balaban J connectivity index is 1.75. The highest BCUT2D eigenvalue weighted by Crippen LogP contribution is 2.23. The summed E-state index contributed by atoms with van der Waals surface area (Å²) >= 11 is 0. The minimum atomic E-state index is -0.248. The number of nitrogens with zero attached hydrogens (tertiary/aromatic N) is 5. The maximum absolute atomic E-state index is 14.0. The molecule has 23 heavy (non-hydrogen) atoms. The van der Waals surface area contributed by atoms with Crippen LogP contribution in [0.2, 0.25) is 0 Å². The van der Waals surface area contributed by atoms with Crippen LogP contribution < -0.4 is 0 Å². The molecule has 0 radical (unpaired) electrons. The Bertz CT molecular complexity index is 746. The molecule has 0 bridgehead atoms. The molecule has 6 heteroatoms. The van der Waals surface area contributed by atoms with Gasteiger partial charge in [-0.1, -0.05) is 0 Å². The molecule has 1 fully saturated rings. The lowest BCUT2D eigenvalue weighted by Gasteiger charge is -2.25. The first-order valence-corrected chi connectivity index (χ1v) is 7.87. The molecule has 0 saturated carbocycles. The largest absolute Gasteiger partial charge is 0.294 e. The Hall–Kier alpha value is -2.26. The van der Waals surface area contributed by atoms with Crippen LogP contribution in [-0.4, -0.2) is 32.3 Å². The summed E-state index contributed by atoms with van der Waals surface area (Å²) in [5.74, 6) is 1.44. The van der Waals surface area contributed by atoms with Crippen molar-refractivity contribution in [2.45, 2.75) is 45.8 Å². The Morgan fingerprint density at radius 1 is 1.39 bits per heavy atom. The SMILES string of the molecule is Cc1nc(C)n(C[C@H]2CCCN2Cc2cc(C#N)ccc2F)n1. The van der Waals surface area contributed by atoms with Gasteiger partial charge in [0, 0.05) is 18.2 Å². The standard InChI is InChI=1S/C17H20FN5/c1-12-20-13(2)23(21-12)11-16-4-3-7-22(16)10-15-8-14(9-19)5-6-17(15)18/h5-6,8,16H,3-4,7,10-11H2,1-2H3/t16-/m1/s1. The van der Waals surface area contributed by atoms with E-state index >= 15 is 0 Å². The predicted molar refractivity (Wildman–Crippen MR) is 84.0 cm³/mol. The summed E-state index contributed by atoms with van der Waals surface area (Å²) in [7, 11) is 0. The second kappa shape index (κ2) is 6.47. The van der Waals surface area contributed by atoms with E-state index < -0.39 is 0 Å². The molecular formula is C17H20FN5. The molecule has 1 saturated heterocycles. The number of hydrogen-bond donors (Lipinski definition) is 0. The molecule has 1 aliphatic heterocycles.